The van der Waals surface area contributed by atoms with Crippen molar-refractivity contribution < 1.29 is 9.53 Å². The largest absolute Gasteiger partial charge is 0.467 e. The first-order valence-electron chi connectivity index (χ1n) is 8.23. The van der Waals surface area contributed by atoms with E-state index in [0.717, 1.165) is 33.5 Å². The number of benzene rings is 1. The molecule has 128 valence electrons. The lowest BCUT2D eigenvalue weighted by molar-refractivity contribution is -0.131. The second kappa shape index (κ2) is 6.25. The Balaban J connectivity index is 1.68. The summed E-state index contributed by atoms with van der Waals surface area (Å²) in [5.41, 5.74) is 11.9. The van der Waals surface area contributed by atoms with Crippen LogP contribution in [0.5, 0.6) is 6.01 Å². The molecule has 1 amide bonds. The maximum Gasteiger partial charge on any atom is 0.316 e. The van der Waals surface area contributed by atoms with E-state index in [1.54, 1.807) is 12.4 Å². The van der Waals surface area contributed by atoms with Crippen molar-refractivity contribution >= 4 is 11.6 Å². The Morgan fingerprint density at radius 2 is 2.00 bits per heavy atom. The smallest absolute Gasteiger partial charge is 0.316 e. The van der Waals surface area contributed by atoms with E-state index >= 15 is 0 Å². The molecule has 2 aliphatic rings. The van der Waals surface area contributed by atoms with Gasteiger partial charge in [-0.15, -0.1) is 0 Å². The van der Waals surface area contributed by atoms with E-state index in [1.807, 2.05) is 4.90 Å². The molecule has 0 atom stereocenters. The van der Waals surface area contributed by atoms with Crippen molar-refractivity contribution in [1.29, 1.82) is 0 Å². The fourth-order valence-electron chi connectivity index (χ4n) is 3.37. The second-order valence-corrected chi connectivity index (χ2v) is 6.18. The summed E-state index contributed by atoms with van der Waals surface area (Å²) in [7, 11) is 1.54. The maximum absolute atomic E-state index is 12.2. The van der Waals surface area contributed by atoms with Crippen molar-refractivity contribution in [2.75, 3.05) is 20.2 Å². The van der Waals surface area contributed by atoms with Gasteiger partial charge in [0, 0.05) is 43.2 Å². The standard InChI is InChI=1S/C18H19N5O2/c1-25-18-21-8-14(9-22-18)17-15-5-13-10-23(3-2-19)16(24)6-11(13)4-12(15)7-20-17/h4-5,8-9H,2-3,6-7,10,19H2,1H3. The molecule has 0 radical (unpaired) electrons. The number of hydrogen-bond acceptors (Lipinski definition) is 6. The molecule has 0 fully saturated rings. The van der Waals surface area contributed by atoms with Crippen LogP contribution in [0.3, 0.4) is 0 Å². The number of nitrogens with zero attached hydrogens (tertiary/aromatic N) is 4. The molecule has 2 aromatic rings. The van der Waals surface area contributed by atoms with Crippen LogP contribution >= 0.6 is 0 Å². The molecule has 2 aliphatic heterocycles. The zero-order valence-electron chi connectivity index (χ0n) is 14.0. The number of methoxy groups -OCH3 is 1. The third-order valence-electron chi connectivity index (χ3n) is 4.63. The predicted molar refractivity (Wildman–Crippen MR) is 92.5 cm³/mol. The van der Waals surface area contributed by atoms with E-state index in [1.165, 1.54) is 7.11 Å². The maximum atomic E-state index is 12.2. The summed E-state index contributed by atoms with van der Waals surface area (Å²) in [6.45, 7) is 2.28. The summed E-state index contributed by atoms with van der Waals surface area (Å²) < 4.78 is 5.01. The van der Waals surface area contributed by atoms with E-state index in [-0.39, 0.29) is 5.91 Å². The average molecular weight is 337 g/mol. The zero-order valence-corrected chi connectivity index (χ0v) is 14.0. The van der Waals surface area contributed by atoms with Crippen LogP contribution in [-0.4, -0.2) is 46.7 Å². The van der Waals surface area contributed by atoms with Gasteiger partial charge in [-0.3, -0.25) is 9.79 Å². The van der Waals surface area contributed by atoms with Gasteiger partial charge in [-0.2, -0.15) is 0 Å². The van der Waals surface area contributed by atoms with Crippen molar-refractivity contribution in [1.82, 2.24) is 14.9 Å². The lowest BCUT2D eigenvalue weighted by Crippen LogP contribution is -2.39. The highest BCUT2D eigenvalue weighted by Crippen LogP contribution is 2.29. The van der Waals surface area contributed by atoms with Gasteiger partial charge in [0.05, 0.1) is 25.8 Å². The van der Waals surface area contributed by atoms with Crippen molar-refractivity contribution in [2.45, 2.75) is 19.5 Å². The van der Waals surface area contributed by atoms with Gasteiger partial charge in [0.2, 0.25) is 5.91 Å². The number of ether oxygens (including phenoxy) is 1. The molecule has 2 N–H and O–H groups in total. The van der Waals surface area contributed by atoms with Crippen LogP contribution in [0, 0.1) is 0 Å². The number of aromatic nitrogens is 2. The number of nitrogens with two attached hydrogens (primary N) is 1. The summed E-state index contributed by atoms with van der Waals surface area (Å²) in [5, 5.41) is 0. The quantitative estimate of drug-likeness (QED) is 0.885. The monoisotopic (exact) mass is 337 g/mol. The van der Waals surface area contributed by atoms with Crippen LogP contribution in [0.2, 0.25) is 0 Å². The first kappa shape index (κ1) is 15.7. The number of amides is 1. The third-order valence-corrected chi connectivity index (χ3v) is 4.63. The van der Waals surface area contributed by atoms with Crippen LogP contribution in [0.1, 0.15) is 27.8 Å². The molecular formula is C18H19N5O2. The van der Waals surface area contributed by atoms with Gasteiger partial charge in [0.1, 0.15) is 0 Å². The highest BCUT2D eigenvalue weighted by Gasteiger charge is 2.26. The van der Waals surface area contributed by atoms with Crippen molar-refractivity contribution in [3.05, 3.63) is 52.3 Å². The van der Waals surface area contributed by atoms with Gasteiger partial charge in [-0.1, -0.05) is 6.07 Å². The van der Waals surface area contributed by atoms with Crippen LogP contribution in [-0.2, 0) is 24.3 Å². The van der Waals surface area contributed by atoms with E-state index in [9.17, 15) is 4.79 Å². The van der Waals surface area contributed by atoms with Crippen LogP contribution in [0.4, 0.5) is 0 Å². The number of carbonyl (C=O) groups is 1. The lowest BCUT2D eigenvalue weighted by Gasteiger charge is -2.29. The summed E-state index contributed by atoms with van der Waals surface area (Å²) in [6.07, 6.45) is 3.89. The molecule has 0 unspecified atom stereocenters. The first-order chi connectivity index (χ1) is 12.2. The topological polar surface area (TPSA) is 93.7 Å². The van der Waals surface area contributed by atoms with E-state index in [0.29, 0.717) is 38.6 Å². The number of hydrogen-bond donors (Lipinski definition) is 1. The van der Waals surface area contributed by atoms with Gasteiger partial charge < -0.3 is 15.4 Å². The summed E-state index contributed by atoms with van der Waals surface area (Å²) in [5.74, 6) is 0.139. The molecular weight excluding hydrogens is 318 g/mol. The molecule has 4 rings (SSSR count). The van der Waals surface area contributed by atoms with Gasteiger partial charge in [0.25, 0.3) is 0 Å². The van der Waals surface area contributed by atoms with Crippen molar-refractivity contribution in [3.8, 4) is 6.01 Å². The van der Waals surface area contributed by atoms with Crippen LogP contribution in [0.25, 0.3) is 0 Å². The van der Waals surface area contributed by atoms with E-state index in [4.69, 9.17) is 10.5 Å². The van der Waals surface area contributed by atoms with Gasteiger partial charge in [-0.05, 0) is 22.8 Å². The molecule has 0 bridgehead atoms. The fraction of sp³-hybridized carbons (Fsp3) is 0.333. The predicted octanol–water partition coefficient (Wildman–Crippen LogP) is 0.680. The van der Waals surface area contributed by atoms with Gasteiger partial charge in [0.15, 0.2) is 0 Å². The van der Waals surface area contributed by atoms with Crippen molar-refractivity contribution in [3.63, 3.8) is 0 Å². The second-order valence-electron chi connectivity index (χ2n) is 6.18. The lowest BCUT2D eigenvalue weighted by atomic mass is 9.91. The summed E-state index contributed by atoms with van der Waals surface area (Å²) in [4.78, 5) is 27.0. The van der Waals surface area contributed by atoms with E-state index in [2.05, 4.69) is 27.1 Å². The minimum absolute atomic E-state index is 0.139. The SMILES string of the molecule is COc1ncc(C2=NCc3cc4c(cc32)CN(CCN)C(=O)C4)cn1. The molecule has 7 nitrogen and oxygen atoms in total. The van der Waals surface area contributed by atoms with Crippen LogP contribution < -0.4 is 10.5 Å². The number of rotatable bonds is 4. The summed E-state index contributed by atoms with van der Waals surface area (Å²) >= 11 is 0. The average Bonchev–Trinajstić information content (AvgIpc) is 3.03. The van der Waals surface area contributed by atoms with Crippen LogP contribution in [0.15, 0.2) is 29.5 Å². The zero-order chi connectivity index (χ0) is 17.4. The molecule has 0 spiro atoms. The highest BCUT2D eigenvalue weighted by molar-refractivity contribution is 6.15. The Bertz CT molecular complexity index is 861. The minimum atomic E-state index is 0.139. The number of carbonyl (C=O) groups excluding carboxylic acids is 1. The van der Waals surface area contributed by atoms with Crippen molar-refractivity contribution in [2.24, 2.45) is 10.7 Å². The molecule has 25 heavy (non-hydrogen) atoms. The third kappa shape index (κ3) is 2.76. The molecule has 7 heteroatoms. The number of aliphatic imine (C=N–C) groups is 1. The molecule has 1 aromatic carbocycles. The van der Waals surface area contributed by atoms with E-state index < -0.39 is 0 Å². The first-order valence-corrected chi connectivity index (χ1v) is 8.23. The molecule has 0 aliphatic carbocycles. The Morgan fingerprint density at radius 3 is 2.72 bits per heavy atom. The molecule has 0 saturated carbocycles. The summed E-state index contributed by atoms with van der Waals surface area (Å²) in [6, 6.07) is 4.60. The number of fused-ring (bicyclic) bond motifs is 2. The molecule has 1 aromatic heterocycles. The molecule has 3 heterocycles. The fourth-order valence-corrected chi connectivity index (χ4v) is 3.37. The highest BCUT2D eigenvalue weighted by atomic mass is 16.5. The molecule has 0 saturated heterocycles. The Hall–Kier alpha value is -2.80. The normalized spacial score (nSPS) is 15.7. The Labute approximate surface area is 145 Å². The Kier molecular flexibility index (Phi) is 3.93. The van der Waals surface area contributed by atoms with Gasteiger partial charge >= 0.3 is 6.01 Å². The van der Waals surface area contributed by atoms with Gasteiger partial charge in [-0.25, -0.2) is 9.97 Å². The minimum Gasteiger partial charge on any atom is -0.467 e. The Morgan fingerprint density at radius 1 is 1.20 bits per heavy atom.